The Morgan fingerprint density at radius 2 is 1.96 bits per heavy atom. The number of piperidine rings is 1. The predicted molar refractivity (Wildman–Crippen MR) is 99.6 cm³/mol. The maximum Gasteiger partial charge on any atom is 0.318 e. The fraction of sp³-hybridized carbons (Fsp3) is 0.812. The number of urea groups is 1. The highest BCUT2D eigenvalue weighted by Gasteiger charge is 2.41. The first-order chi connectivity index (χ1) is 11.9. The number of rotatable bonds is 2. The van der Waals surface area contributed by atoms with Gasteiger partial charge >= 0.3 is 6.03 Å². The van der Waals surface area contributed by atoms with E-state index in [2.05, 4.69) is 39.4 Å². The average molecular weight is 368 g/mol. The largest absolute Gasteiger partial charge is 0.374 e. The highest BCUT2D eigenvalue weighted by Crippen LogP contribution is 2.31. The maximum absolute atomic E-state index is 12.8. The summed E-state index contributed by atoms with van der Waals surface area (Å²) in [6.07, 6.45) is 3.21. The minimum Gasteiger partial charge on any atom is -0.374 e. The van der Waals surface area contributed by atoms with Crippen molar-refractivity contribution in [2.75, 3.05) is 52.6 Å². The molecule has 1 aromatic rings. The van der Waals surface area contributed by atoms with E-state index < -0.39 is 0 Å². The molecule has 2 saturated heterocycles. The standard InChI is InChI=1S/C16H29N7OS/c1-12(13-19-20-14(17)25-13)18-15(24)23-8-4-7-22(3)16(11-23)5-9-21(2)10-6-16/h12H,4-11H2,1-3H3,(H2,17,20)(H,18,24)/t12-/m0/s1. The SMILES string of the molecule is C[C@H](NC(=O)N1CCCN(C)C2(CCN(C)CC2)C1)c1nnc(N)s1. The number of carbonyl (C=O) groups is 1. The first kappa shape index (κ1) is 18.3. The van der Waals surface area contributed by atoms with Gasteiger partial charge in [0.25, 0.3) is 0 Å². The Hall–Kier alpha value is -1.45. The topological polar surface area (TPSA) is 90.6 Å². The number of nitrogens with one attached hydrogen (secondary N) is 1. The highest BCUT2D eigenvalue weighted by molar-refractivity contribution is 7.15. The summed E-state index contributed by atoms with van der Waals surface area (Å²) in [4.78, 5) is 19.7. The van der Waals surface area contributed by atoms with E-state index >= 15 is 0 Å². The van der Waals surface area contributed by atoms with E-state index in [4.69, 9.17) is 5.73 Å². The van der Waals surface area contributed by atoms with E-state index in [0.29, 0.717) is 5.13 Å². The van der Waals surface area contributed by atoms with Gasteiger partial charge in [0, 0.05) is 25.2 Å². The fourth-order valence-electron chi connectivity index (χ4n) is 3.80. The van der Waals surface area contributed by atoms with Crippen LogP contribution >= 0.6 is 11.3 Å². The number of aromatic nitrogens is 2. The average Bonchev–Trinajstić information content (AvgIpc) is 2.95. The summed E-state index contributed by atoms with van der Waals surface area (Å²) in [6.45, 7) is 6.70. The zero-order valence-corrected chi connectivity index (χ0v) is 16.2. The molecule has 1 spiro atoms. The molecular weight excluding hydrogens is 338 g/mol. The van der Waals surface area contributed by atoms with Crippen LogP contribution < -0.4 is 11.1 Å². The third-order valence-corrected chi connectivity index (χ3v) is 6.52. The lowest BCUT2D eigenvalue weighted by Crippen LogP contribution is -2.59. The van der Waals surface area contributed by atoms with E-state index in [1.165, 1.54) is 11.3 Å². The second-order valence-corrected chi connectivity index (χ2v) is 8.41. The Balaban J connectivity index is 1.67. The number of hydrogen-bond acceptors (Lipinski definition) is 7. The van der Waals surface area contributed by atoms with Gasteiger partial charge in [0.15, 0.2) is 0 Å². The summed E-state index contributed by atoms with van der Waals surface area (Å²) in [6, 6.07) is -0.202. The second kappa shape index (κ2) is 7.43. The Bertz CT molecular complexity index is 599. The molecule has 0 saturated carbocycles. The van der Waals surface area contributed by atoms with Crippen LogP contribution in [0.3, 0.4) is 0 Å². The lowest BCUT2D eigenvalue weighted by molar-refractivity contribution is 0.0410. The third-order valence-electron chi connectivity index (χ3n) is 5.59. The number of likely N-dealkylation sites (tertiary alicyclic amines) is 1. The summed E-state index contributed by atoms with van der Waals surface area (Å²) < 4.78 is 0. The van der Waals surface area contributed by atoms with Crippen molar-refractivity contribution in [2.45, 2.75) is 37.8 Å². The monoisotopic (exact) mass is 367 g/mol. The van der Waals surface area contributed by atoms with Crippen molar-refractivity contribution in [3.63, 3.8) is 0 Å². The van der Waals surface area contributed by atoms with Crippen molar-refractivity contribution in [3.05, 3.63) is 5.01 Å². The Kier molecular flexibility index (Phi) is 5.45. The van der Waals surface area contributed by atoms with Gasteiger partial charge in [-0.3, -0.25) is 4.90 Å². The minimum absolute atomic E-state index is 0.0186. The van der Waals surface area contributed by atoms with Crippen LogP contribution in [0.15, 0.2) is 0 Å². The Morgan fingerprint density at radius 3 is 2.60 bits per heavy atom. The summed E-state index contributed by atoms with van der Waals surface area (Å²) in [5, 5.41) is 12.1. The molecule has 2 aliphatic heterocycles. The molecule has 0 aromatic carbocycles. The van der Waals surface area contributed by atoms with Crippen LogP contribution in [0.2, 0.25) is 0 Å². The number of likely N-dealkylation sites (N-methyl/N-ethyl adjacent to an activating group) is 1. The van der Waals surface area contributed by atoms with Crippen LogP contribution in [-0.4, -0.2) is 83.3 Å². The Labute approximate surface area is 153 Å². The number of nitrogens with two attached hydrogens (primary N) is 1. The molecule has 0 unspecified atom stereocenters. The van der Waals surface area contributed by atoms with Crippen LogP contribution in [-0.2, 0) is 0 Å². The van der Waals surface area contributed by atoms with Crippen molar-refractivity contribution < 1.29 is 4.79 Å². The number of nitrogen functional groups attached to an aromatic ring is 1. The molecule has 0 radical (unpaired) electrons. The van der Waals surface area contributed by atoms with Gasteiger partial charge in [0.05, 0.1) is 6.04 Å². The van der Waals surface area contributed by atoms with E-state index in [1.807, 2.05) is 11.8 Å². The van der Waals surface area contributed by atoms with Crippen molar-refractivity contribution in [1.29, 1.82) is 0 Å². The molecule has 1 atom stereocenters. The summed E-state index contributed by atoms with van der Waals surface area (Å²) in [5.74, 6) is 0. The van der Waals surface area contributed by atoms with Gasteiger partial charge in [-0.25, -0.2) is 4.79 Å². The van der Waals surface area contributed by atoms with Gasteiger partial charge < -0.3 is 20.9 Å². The van der Waals surface area contributed by atoms with Gasteiger partial charge in [-0.1, -0.05) is 11.3 Å². The molecule has 25 heavy (non-hydrogen) atoms. The van der Waals surface area contributed by atoms with Crippen molar-refractivity contribution in [2.24, 2.45) is 0 Å². The lowest BCUT2D eigenvalue weighted by Gasteiger charge is -2.47. The molecule has 2 amide bonds. The smallest absolute Gasteiger partial charge is 0.318 e. The Morgan fingerprint density at radius 1 is 1.24 bits per heavy atom. The molecule has 3 rings (SSSR count). The van der Waals surface area contributed by atoms with Gasteiger partial charge in [0.2, 0.25) is 5.13 Å². The molecule has 0 bridgehead atoms. The molecule has 8 nitrogen and oxygen atoms in total. The van der Waals surface area contributed by atoms with Gasteiger partial charge in [-0.05, 0) is 53.4 Å². The van der Waals surface area contributed by atoms with Crippen LogP contribution in [0, 0.1) is 0 Å². The van der Waals surface area contributed by atoms with Crippen LogP contribution in [0.4, 0.5) is 9.93 Å². The number of amides is 2. The minimum atomic E-state index is -0.184. The zero-order valence-electron chi connectivity index (χ0n) is 15.4. The number of hydrogen-bond donors (Lipinski definition) is 2. The maximum atomic E-state index is 12.8. The molecule has 3 heterocycles. The number of anilines is 1. The van der Waals surface area contributed by atoms with Crippen molar-refractivity contribution in [1.82, 2.24) is 30.2 Å². The molecular formula is C16H29N7OS. The van der Waals surface area contributed by atoms with E-state index in [0.717, 1.165) is 57.0 Å². The van der Waals surface area contributed by atoms with Crippen LogP contribution in [0.5, 0.6) is 0 Å². The normalized spacial score (nSPS) is 23.4. The quantitative estimate of drug-likeness (QED) is 0.810. The van der Waals surface area contributed by atoms with Crippen LogP contribution in [0.25, 0.3) is 0 Å². The summed E-state index contributed by atoms with van der Waals surface area (Å²) in [5.41, 5.74) is 5.74. The highest BCUT2D eigenvalue weighted by atomic mass is 32.1. The molecule has 140 valence electrons. The summed E-state index contributed by atoms with van der Waals surface area (Å²) >= 11 is 1.32. The van der Waals surface area contributed by atoms with Crippen molar-refractivity contribution >= 4 is 22.5 Å². The molecule has 9 heteroatoms. The number of nitrogens with zero attached hydrogens (tertiary/aromatic N) is 5. The molecule has 2 aliphatic rings. The fourth-order valence-corrected chi connectivity index (χ4v) is 4.41. The van der Waals surface area contributed by atoms with Crippen LogP contribution in [0.1, 0.15) is 37.2 Å². The van der Waals surface area contributed by atoms with Crippen molar-refractivity contribution in [3.8, 4) is 0 Å². The third kappa shape index (κ3) is 4.04. The van der Waals surface area contributed by atoms with Gasteiger partial charge in [-0.2, -0.15) is 0 Å². The molecule has 0 aliphatic carbocycles. The molecule has 3 N–H and O–H groups in total. The lowest BCUT2D eigenvalue weighted by atomic mass is 9.85. The molecule has 1 aromatic heterocycles. The van der Waals surface area contributed by atoms with Gasteiger partial charge in [-0.15, -0.1) is 10.2 Å². The number of carbonyl (C=O) groups excluding carboxylic acids is 1. The van der Waals surface area contributed by atoms with E-state index in [-0.39, 0.29) is 17.6 Å². The first-order valence-corrected chi connectivity index (χ1v) is 9.75. The van der Waals surface area contributed by atoms with E-state index in [9.17, 15) is 4.79 Å². The van der Waals surface area contributed by atoms with E-state index in [1.54, 1.807) is 0 Å². The predicted octanol–water partition coefficient (Wildman–Crippen LogP) is 0.993. The summed E-state index contributed by atoms with van der Waals surface area (Å²) in [7, 11) is 4.38. The molecule has 2 fully saturated rings. The second-order valence-electron chi connectivity index (χ2n) is 7.37. The van der Waals surface area contributed by atoms with Gasteiger partial charge in [0.1, 0.15) is 5.01 Å². The zero-order chi connectivity index (χ0) is 18.0. The first-order valence-electron chi connectivity index (χ1n) is 8.94.